The van der Waals surface area contributed by atoms with Gasteiger partial charge in [-0.15, -0.1) is 0 Å². The third kappa shape index (κ3) is 5.29. The highest BCUT2D eigenvalue weighted by molar-refractivity contribution is 4.83. The smallest absolute Gasteiger partial charge is 0.0791 e. The van der Waals surface area contributed by atoms with Gasteiger partial charge in [0, 0.05) is 26.2 Å². The van der Waals surface area contributed by atoms with Crippen LogP contribution >= 0.6 is 0 Å². The number of β-amino-alcohol motifs (C(OH)–C–C–N with tert-alkyl or cyclic N) is 1. The first-order valence-electron chi connectivity index (χ1n) is 6.04. The molecule has 0 aromatic carbocycles. The van der Waals surface area contributed by atoms with E-state index in [9.17, 15) is 5.11 Å². The predicted molar refractivity (Wildman–Crippen MR) is 63.8 cm³/mol. The summed E-state index contributed by atoms with van der Waals surface area (Å²) in [5.41, 5.74) is -0.730. The normalized spacial score (nSPS) is 20.5. The Bertz CT molecular complexity index is 206. The van der Waals surface area contributed by atoms with Gasteiger partial charge in [0.05, 0.1) is 38.1 Å². The Kier molecular flexibility index (Phi) is 6.32. The number of nitrogens with zero attached hydrogens (tertiary/aromatic N) is 1. The summed E-state index contributed by atoms with van der Waals surface area (Å²) in [7, 11) is 0. The van der Waals surface area contributed by atoms with Gasteiger partial charge in [-0.3, -0.25) is 4.90 Å². The van der Waals surface area contributed by atoms with Crippen molar-refractivity contribution >= 4 is 0 Å². The van der Waals surface area contributed by atoms with Crippen molar-refractivity contribution < 1.29 is 20.1 Å². The second-order valence-electron chi connectivity index (χ2n) is 4.82. The largest absolute Gasteiger partial charge is 0.394 e. The zero-order valence-electron chi connectivity index (χ0n) is 10.4. The van der Waals surface area contributed by atoms with Crippen molar-refractivity contribution in [3.63, 3.8) is 0 Å². The van der Waals surface area contributed by atoms with Crippen LogP contribution in [0.3, 0.4) is 0 Å². The lowest BCUT2D eigenvalue weighted by atomic mass is 10.1. The van der Waals surface area contributed by atoms with E-state index in [0.29, 0.717) is 26.3 Å². The van der Waals surface area contributed by atoms with Gasteiger partial charge < -0.3 is 25.4 Å². The summed E-state index contributed by atoms with van der Waals surface area (Å²) in [5.74, 6) is 0. The molecule has 1 atom stereocenters. The zero-order chi connectivity index (χ0) is 12.7. The highest BCUT2D eigenvalue weighted by Crippen LogP contribution is 2.02. The Balaban J connectivity index is 2.21. The molecule has 0 bridgehead atoms. The van der Waals surface area contributed by atoms with Crippen LogP contribution in [0.15, 0.2) is 0 Å². The molecular weight excluding hydrogens is 224 g/mol. The third-order valence-corrected chi connectivity index (χ3v) is 3.04. The first kappa shape index (κ1) is 14.8. The van der Waals surface area contributed by atoms with E-state index >= 15 is 0 Å². The Morgan fingerprint density at radius 2 is 1.88 bits per heavy atom. The maximum Gasteiger partial charge on any atom is 0.0791 e. The van der Waals surface area contributed by atoms with Crippen LogP contribution in [-0.4, -0.2) is 84.5 Å². The molecule has 1 unspecified atom stereocenters. The number of hydrogen-bond acceptors (Lipinski definition) is 6. The van der Waals surface area contributed by atoms with E-state index in [2.05, 4.69) is 10.2 Å². The molecule has 0 saturated carbocycles. The lowest BCUT2D eigenvalue weighted by Gasteiger charge is -2.31. The maximum absolute atomic E-state index is 9.85. The van der Waals surface area contributed by atoms with Crippen molar-refractivity contribution in [3.8, 4) is 0 Å². The summed E-state index contributed by atoms with van der Waals surface area (Å²) in [6, 6.07) is 0. The Hall–Kier alpha value is -0.240. The monoisotopic (exact) mass is 248 g/mol. The van der Waals surface area contributed by atoms with Crippen LogP contribution in [0, 0.1) is 0 Å². The van der Waals surface area contributed by atoms with Crippen LogP contribution in [0.4, 0.5) is 0 Å². The number of morpholine rings is 1. The van der Waals surface area contributed by atoms with Gasteiger partial charge in [0.2, 0.25) is 0 Å². The minimum Gasteiger partial charge on any atom is -0.394 e. The third-order valence-electron chi connectivity index (χ3n) is 3.04. The molecule has 4 N–H and O–H groups in total. The fourth-order valence-corrected chi connectivity index (χ4v) is 1.67. The first-order valence-corrected chi connectivity index (χ1v) is 6.04. The lowest BCUT2D eigenvalue weighted by Crippen LogP contribution is -2.53. The van der Waals surface area contributed by atoms with Crippen LogP contribution in [0.1, 0.15) is 6.92 Å². The molecule has 1 heterocycles. The molecule has 0 spiro atoms. The highest BCUT2D eigenvalue weighted by Gasteiger charge is 2.23. The van der Waals surface area contributed by atoms with Crippen molar-refractivity contribution in [1.29, 1.82) is 0 Å². The number of nitrogens with one attached hydrogen (secondary N) is 1. The van der Waals surface area contributed by atoms with Gasteiger partial charge in [-0.2, -0.15) is 0 Å². The van der Waals surface area contributed by atoms with E-state index in [1.54, 1.807) is 6.92 Å². The number of rotatable bonds is 7. The SMILES string of the molecule is CC(CO)(CO)NCC(O)CN1CCOCC1. The van der Waals surface area contributed by atoms with E-state index in [4.69, 9.17) is 14.9 Å². The van der Waals surface area contributed by atoms with Crippen molar-refractivity contribution in [1.82, 2.24) is 10.2 Å². The predicted octanol–water partition coefficient (Wildman–Crippen LogP) is -1.99. The van der Waals surface area contributed by atoms with Crippen molar-refractivity contribution in [2.45, 2.75) is 18.6 Å². The van der Waals surface area contributed by atoms with Crippen molar-refractivity contribution in [2.24, 2.45) is 0 Å². The average Bonchev–Trinajstić information content (AvgIpc) is 2.37. The van der Waals surface area contributed by atoms with Crippen molar-refractivity contribution in [2.75, 3.05) is 52.6 Å². The standard InChI is InChI=1S/C11H24N2O4/c1-11(8-14,9-15)12-6-10(16)7-13-2-4-17-5-3-13/h10,12,14-16H,2-9H2,1H3. The van der Waals surface area contributed by atoms with E-state index in [1.165, 1.54) is 0 Å². The molecule has 0 amide bonds. The van der Waals surface area contributed by atoms with Gasteiger partial charge in [0.25, 0.3) is 0 Å². The average molecular weight is 248 g/mol. The Labute approximate surface area is 102 Å². The fraction of sp³-hybridized carbons (Fsp3) is 1.00. The highest BCUT2D eigenvalue weighted by atomic mass is 16.5. The van der Waals surface area contributed by atoms with E-state index < -0.39 is 11.6 Å². The first-order chi connectivity index (χ1) is 8.09. The lowest BCUT2D eigenvalue weighted by molar-refractivity contribution is 0.0110. The summed E-state index contributed by atoms with van der Waals surface area (Å²) in [6.45, 7) is 5.45. The minimum absolute atomic E-state index is 0.159. The Morgan fingerprint density at radius 3 is 2.41 bits per heavy atom. The van der Waals surface area contributed by atoms with Crippen LogP contribution < -0.4 is 5.32 Å². The summed E-state index contributed by atoms with van der Waals surface area (Å²) >= 11 is 0. The fourth-order valence-electron chi connectivity index (χ4n) is 1.67. The quantitative estimate of drug-likeness (QED) is 0.417. The van der Waals surface area contributed by atoms with Crippen LogP contribution in [-0.2, 0) is 4.74 Å². The second-order valence-corrected chi connectivity index (χ2v) is 4.82. The van der Waals surface area contributed by atoms with Gasteiger partial charge in [-0.1, -0.05) is 0 Å². The van der Waals surface area contributed by atoms with Gasteiger partial charge >= 0.3 is 0 Å². The maximum atomic E-state index is 9.85. The molecule has 0 radical (unpaired) electrons. The molecule has 0 aromatic rings. The number of aliphatic hydroxyl groups excluding tert-OH is 3. The van der Waals surface area contributed by atoms with Crippen LogP contribution in [0.25, 0.3) is 0 Å². The number of hydrogen-bond donors (Lipinski definition) is 4. The molecule has 1 fully saturated rings. The van der Waals surface area contributed by atoms with Gasteiger partial charge in [-0.05, 0) is 6.92 Å². The summed E-state index contributed by atoms with van der Waals surface area (Å²) in [5, 5.41) is 31.0. The van der Waals surface area contributed by atoms with Crippen molar-refractivity contribution in [3.05, 3.63) is 0 Å². The second kappa shape index (κ2) is 7.25. The number of aliphatic hydroxyl groups is 3. The molecule has 0 aromatic heterocycles. The molecular formula is C11H24N2O4. The van der Waals surface area contributed by atoms with Gasteiger partial charge in [0.15, 0.2) is 0 Å². The van der Waals surface area contributed by atoms with Gasteiger partial charge in [-0.25, -0.2) is 0 Å². The van der Waals surface area contributed by atoms with E-state index in [1.807, 2.05) is 0 Å². The summed E-state index contributed by atoms with van der Waals surface area (Å²) < 4.78 is 5.23. The molecule has 1 aliphatic heterocycles. The van der Waals surface area contributed by atoms with Crippen LogP contribution in [0.2, 0.25) is 0 Å². The zero-order valence-corrected chi connectivity index (χ0v) is 10.4. The topological polar surface area (TPSA) is 85.2 Å². The van der Waals surface area contributed by atoms with E-state index in [0.717, 1.165) is 13.1 Å². The molecule has 0 aliphatic carbocycles. The summed E-state index contributed by atoms with van der Waals surface area (Å²) in [6.07, 6.45) is -0.509. The molecule has 1 saturated heterocycles. The molecule has 6 nitrogen and oxygen atoms in total. The molecule has 1 aliphatic rings. The minimum atomic E-state index is -0.730. The van der Waals surface area contributed by atoms with Crippen LogP contribution in [0.5, 0.6) is 0 Å². The molecule has 102 valence electrons. The summed E-state index contributed by atoms with van der Waals surface area (Å²) in [4.78, 5) is 2.14. The molecule has 1 rings (SSSR count). The van der Waals surface area contributed by atoms with E-state index in [-0.39, 0.29) is 13.2 Å². The Morgan fingerprint density at radius 1 is 1.29 bits per heavy atom. The number of ether oxygens (including phenoxy) is 1. The molecule has 17 heavy (non-hydrogen) atoms. The molecule has 6 heteroatoms. The van der Waals surface area contributed by atoms with Gasteiger partial charge in [0.1, 0.15) is 0 Å².